The van der Waals surface area contributed by atoms with Crippen LogP contribution in [0.2, 0.25) is 5.02 Å². The topological polar surface area (TPSA) is 76.0 Å². The van der Waals surface area contributed by atoms with Crippen LogP contribution in [0.4, 0.5) is 11.4 Å². The maximum Gasteiger partial charge on any atom is 0.258 e. The Morgan fingerprint density at radius 3 is 2.43 bits per heavy atom. The highest BCUT2D eigenvalue weighted by atomic mass is 35.5. The van der Waals surface area contributed by atoms with Gasteiger partial charge in [-0.05, 0) is 49.4 Å². The molecule has 0 radical (unpaired) electrons. The number of methoxy groups -OCH3 is 1. The number of aromatic nitrogens is 1. The standard InChI is InChI=1S/C26H29ClN4O4/c1-3-29(18-25(32)28-19-6-8-20(9-7-19)30-12-14-35-15-13-30)26(33)21-16-22(27)23(17-24(21)34-2)31-10-4-5-11-31/h4-11,16-17H,3,12-15,18H2,1-2H3,(H,28,32). The average Bonchev–Trinajstić information content (AvgIpc) is 3.42. The summed E-state index contributed by atoms with van der Waals surface area (Å²) in [5, 5.41) is 3.28. The third-order valence-corrected chi connectivity index (χ3v) is 6.22. The summed E-state index contributed by atoms with van der Waals surface area (Å²) in [7, 11) is 1.50. The van der Waals surface area contributed by atoms with Gasteiger partial charge in [0.1, 0.15) is 12.3 Å². The van der Waals surface area contributed by atoms with Gasteiger partial charge in [-0.3, -0.25) is 9.59 Å². The number of rotatable bonds is 8. The second-order valence-corrected chi connectivity index (χ2v) is 8.52. The van der Waals surface area contributed by atoms with Gasteiger partial charge in [0.05, 0.1) is 36.6 Å². The Balaban J connectivity index is 1.43. The molecular formula is C26H29ClN4O4. The minimum Gasteiger partial charge on any atom is -0.496 e. The fourth-order valence-corrected chi connectivity index (χ4v) is 4.28. The molecule has 0 spiro atoms. The van der Waals surface area contributed by atoms with Crippen molar-refractivity contribution in [3.63, 3.8) is 0 Å². The first-order valence-corrected chi connectivity index (χ1v) is 11.9. The summed E-state index contributed by atoms with van der Waals surface area (Å²) < 4.78 is 12.7. The highest BCUT2D eigenvalue weighted by molar-refractivity contribution is 6.33. The molecule has 9 heteroatoms. The van der Waals surface area contributed by atoms with Crippen LogP contribution in [0.5, 0.6) is 5.75 Å². The van der Waals surface area contributed by atoms with Crippen LogP contribution >= 0.6 is 11.6 Å². The van der Waals surface area contributed by atoms with E-state index in [-0.39, 0.29) is 18.4 Å². The first-order valence-electron chi connectivity index (χ1n) is 11.5. The number of benzene rings is 2. The molecule has 1 fully saturated rings. The Morgan fingerprint density at radius 2 is 1.80 bits per heavy atom. The molecule has 184 valence electrons. The van der Waals surface area contributed by atoms with Gasteiger partial charge in [0.15, 0.2) is 0 Å². The Kier molecular flexibility index (Phi) is 7.94. The number of halogens is 1. The number of carbonyl (C=O) groups is 2. The summed E-state index contributed by atoms with van der Waals surface area (Å²) in [5.74, 6) is -0.225. The van der Waals surface area contributed by atoms with Crippen LogP contribution in [0.1, 0.15) is 17.3 Å². The summed E-state index contributed by atoms with van der Waals surface area (Å²) in [6.07, 6.45) is 3.72. The summed E-state index contributed by atoms with van der Waals surface area (Å²) >= 11 is 6.49. The number of carbonyl (C=O) groups excluding carboxylic acids is 2. The van der Waals surface area contributed by atoms with Gasteiger partial charge in [0.25, 0.3) is 5.91 Å². The number of hydrogen-bond acceptors (Lipinski definition) is 5. The molecule has 35 heavy (non-hydrogen) atoms. The van der Waals surface area contributed by atoms with E-state index in [4.69, 9.17) is 21.1 Å². The highest BCUT2D eigenvalue weighted by Gasteiger charge is 2.23. The lowest BCUT2D eigenvalue weighted by atomic mass is 10.1. The van der Waals surface area contributed by atoms with E-state index in [1.807, 2.05) is 60.3 Å². The summed E-state index contributed by atoms with van der Waals surface area (Å²) in [6.45, 7) is 5.20. The van der Waals surface area contributed by atoms with Crippen molar-refractivity contribution in [2.24, 2.45) is 0 Å². The van der Waals surface area contributed by atoms with Crippen LogP contribution in [0.3, 0.4) is 0 Å². The van der Waals surface area contributed by atoms with Gasteiger partial charge < -0.3 is 29.2 Å². The molecule has 1 aliphatic heterocycles. The third kappa shape index (κ3) is 5.78. The van der Waals surface area contributed by atoms with Crippen molar-refractivity contribution in [3.05, 3.63) is 71.5 Å². The van der Waals surface area contributed by atoms with Gasteiger partial charge in [-0.15, -0.1) is 0 Å². The molecule has 1 aliphatic rings. The zero-order chi connectivity index (χ0) is 24.8. The molecule has 1 N–H and O–H groups in total. The van der Waals surface area contributed by atoms with Crippen molar-refractivity contribution < 1.29 is 19.1 Å². The molecule has 0 saturated carbocycles. The Morgan fingerprint density at radius 1 is 1.11 bits per heavy atom. The van der Waals surface area contributed by atoms with Crippen molar-refractivity contribution in [2.45, 2.75) is 6.92 Å². The molecular weight excluding hydrogens is 468 g/mol. The number of likely N-dealkylation sites (N-methyl/N-ethyl adjacent to an activating group) is 1. The minimum atomic E-state index is -0.330. The number of ether oxygens (including phenoxy) is 2. The molecule has 0 unspecified atom stereocenters. The van der Waals surface area contributed by atoms with Crippen LogP contribution in [0.25, 0.3) is 5.69 Å². The van der Waals surface area contributed by atoms with Gasteiger partial charge in [-0.2, -0.15) is 0 Å². The lowest BCUT2D eigenvalue weighted by molar-refractivity contribution is -0.116. The normalized spacial score (nSPS) is 13.4. The SMILES string of the molecule is CCN(CC(=O)Nc1ccc(N2CCOCC2)cc1)C(=O)c1cc(Cl)c(-n2cccc2)cc1OC. The molecule has 0 aliphatic carbocycles. The van der Waals surface area contributed by atoms with E-state index >= 15 is 0 Å². The van der Waals surface area contributed by atoms with E-state index in [1.54, 1.807) is 12.1 Å². The maximum absolute atomic E-state index is 13.3. The number of anilines is 2. The first-order chi connectivity index (χ1) is 17.0. The quantitative estimate of drug-likeness (QED) is 0.508. The maximum atomic E-state index is 13.3. The molecule has 0 atom stereocenters. The van der Waals surface area contributed by atoms with E-state index in [2.05, 4.69) is 10.2 Å². The zero-order valence-electron chi connectivity index (χ0n) is 19.9. The van der Waals surface area contributed by atoms with Crippen molar-refractivity contribution in [1.29, 1.82) is 0 Å². The van der Waals surface area contributed by atoms with E-state index in [0.717, 1.165) is 18.8 Å². The second-order valence-electron chi connectivity index (χ2n) is 8.11. The third-order valence-electron chi connectivity index (χ3n) is 5.91. The predicted molar refractivity (Wildman–Crippen MR) is 137 cm³/mol. The predicted octanol–water partition coefficient (Wildman–Crippen LogP) is 4.08. The molecule has 2 heterocycles. The Labute approximate surface area is 210 Å². The number of amides is 2. The minimum absolute atomic E-state index is 0.0966. The molecule has 1 saturated heterocycles. The van der Waals surface area contributed by atoms with Crippen molar-refractivity contribution >= 4 is 34.8 Å². The van der Waals surface area contributed by atoms with Gasteiger partial charge in [0, 0.05) is 49.5 Å². The van der Waals surface area contributed by atoms with Gasteiger partial charge >= 0.3 is 0 Å². The van der Waals surface area contributed by atoms with Crippen LogP contribution < -0.4 is 15.0 Å². The fraction of sp³-hybridized carbons (Fsp3) is 0.308. The largest absolute Gasteiger partial charge is 0.496 e. The number of nitrogens with one attached hydrogen (secondary N) is 1. The lowest BCUT2D eigenvalue weighted by Gasteiger charge is -2.29. The monoisotopic (exact) mass is 496 g/mol. The molecule has 4 rings (SSSR count). The summed E-state index contributed by atoms with van der Waals surface area (Å²) in [4.78, 5) is 29.7. The van der Waals surface area contributed by atoms with Crippen LogP contribution in [0, 0.1) is 0 Å². The summed E-state index contributed by atoms with van der Waals surface area (Å²) in [6, 6.07) is 14.8. The molecule has 2 amide bonds. The number of morpholine rings is 1. The lowest BCUT2D eigenvalue weighted by Crippen LogP contribution is -2.38. The van der Waals surface area contributed by atoms with Crippen molar-refractivity contribution in [3.8, 4) is 11.4 Å². The summed E-state index contributed by atoms with van der Waals surface area (Å²) in [5.41, 5.74) is 2.76. The van der Waals surface area contributed by atoms with E-state index in [0.29, 0.717) is 47.5 Å². The van der Waals surface area contributed by atoms with E-state index in [9.17, 15) is 9.59 Å². The highest BCUT2D eigenvalue weighted by Crippen LogP contribution is 2.31. The van der Waals surface area contributed by atoms with Gasteiger partial charge in [-0.1, -0.05) is 11.6 Å². The smallest absolute Gasteiger partial charge is 0.258 e. The van der Waals surface area contributed by atoms with Gasteiger partial charge in [-0.25, -0.2) is 0 Å². The first kappa shape index (κ1) is 24.6. The van der Waals surface area contributed by atoms with Crippen LogP contribution in [0.15, 0.2) is 60.9 Å². The van der Waals surface area contributed by atoms with Crippen molar-refractivity contribution in [2.75, 3.05) is 56.7 Å². The molecule has 0 bridgehead atoms. The fourth-order valence-electron chi connectivity index (χ4n) is 4.02. The second kappa shape index (κ2) is 11.3. The molecule has 8 nitrogen and oxygen atoms in total. The molecule has 1 aromatic heterocycles. The van der Waals surface area contributed by atoms with Crippen LogP contribution in [-0.4, -0.2) is 67.8 Å². The van der Waals surface area contributed by atoms with E-state index in [1.165, 1.54) is 12.0 Å². The number of nitrogens with zero attached hydrogens (tertiary/aromatic N) is 3. The van der Waals surface area contributed by atoms with Crippen molar-refractivity contribution in [1.82, 2.24) is 9.47 Å². The Hall–Kier alpha value is -3.49. The number of hydrogen-bond donors (Lipinski definition) is 1. The molecule has 3 aromatic rings. The van der Waals surface area contributed by atoms with E-state index < -0.39 is 0 Å². The van der Waals surface area contributed by atoms with Gasteiger partial charge in [0.2, 0.25) is 5.91 Å². The zero-order valence-corrected chi connectivity index (χ0v) is 20.6. The van der Waals surface area contributed by atoms with Crippen LogP contribution in [-0.2, 0) is 9.53 Å². The average molecular weight is 497 g/mol. The Bertz CT molecular complexity index is 1160. The molecule has 2 aromatic carbocycles.